The first-order valence-corrected chi connectivity index (χ1v) is 17.1. The van der Waals surface area contributed by atoms with E-state index in [4.69, 9.17) is 0 Å². The van der Waals surface area contributed by atoms with Crippen molar-refractivity contribution in [1.82, 2.24) is 4.72 Å². The van der Waals surface area contributed by atoms with Crippen molar-refractivity contribution in [3.63, 3.8) is 0 Å². The van der Waals surface area contributed by atoms with Gasteiger partial charge in [0.2, 0.25) is 0 Å². The SMILES string of the molecule is CC(C)(C)[S@@](=O)N[C@@H](c1ccccc1P(C1CCCCC1)C1CCCCC1)c1cccc2ccccc12. The van der Waals surface area contributed by atoms with Gasteiger partial charge in [0.15, 0.2) is 0 Å². The van der Waals surface area contributed by atoms with Crippen molar-refractivity contribution >= 4 is 35.0 Å². The smallest absolute Gasteiger partial charge is 0.0979 e. The Morgan fingerprint density at radius 1 is 0.730 bits per heavy atom. The van der Waals surface area contributed by atoms with Crippen LogP contribution in [0.4, 0.5) is 0 Å². The van der Waals surface area contributed by atoms with Gasteiger partial charge in [0.05, 0.1) is 21.8 Å². The summed E-state index contributed by atoms with van der Waals surface area (Å²) in [4.78, 5) is 0. The van der Waals surface area contributed by atoms with E-state index in [1.807, 2.05) is 0 Å². The molecule has 37 heavy (non-hydrogen) atoms. The second-order valence-corrected chi connectivity index (χ2v) is 16.8. The van der Waals surface area contributed by atoms with Crippen molar-refractivity contribution in [3.8, 4) is 0 Å². The van der Waals surface area contributed by atoms with Gasteiger partial charge in [0.1, 0.15) is 0 Å². The summed E-state index contributed by atoms with van der Waals surface area (Å²) >= 11 is 0. The number of hydrogen-bond donors (Lipinski definition) is 1. The highest BCUT2D eigenvalue weighted by molar-refractivity contribution is 7.84. The van der Waals surface area contributed by atoms with Crippen molar-refractivity contribution in [3.05, 3.63) is 77.9 Å². The molecule has 2 aliphatic carbocycles. The van der Waals surface area contributed by atoms with E-state index >= 15 is 0 Å². The Balaban J connectivity index is 1.65. The molecule has 0 aliphatic heterocycles. The van der Waals surface area contributed by atoms with E-state index < -0.39 is 11.0 Å². The van der Waals surface area contributed by atoms with Crippen LogP contribution in [-0.2, 0) is 11.0 Å². The summed E-state index contributed by atoms with van der Waals surface area (Å²) in [5, 5.41) is 4.07. The monoisotopic (exact) mass is 533 g/mol. The predicted octanol–water partition coefficient (Wildman–Crippen LogP) is 8.75. The fourth-order valence-electron chi connectivity index (χ4n) is 6.46. The highest BCUT2D eigenvalue weighted by atomic mass is 32.2. The first-order chi connectivity index (χ1) is 17.9. The molecule has 0 amide bonds. The Labute approximate surface area is 228 Å². The van der Waals surface area contributed by atoms with Gasteiger partial charge in [-0.1, -0.05) is 113 Å². The van der Waals surface area contributed by atoms with Crippen LogP contribution in [0.2, 0.25) is 0 Å². The number of hydrogen-bond acceptors (Lipinski definition) is 1. The lowest BCUT2D eigenvalue weighted by molar-refractivity contribution is 0.487. The summed E-state index contributed by atoms with van der Waals surface area (Å²) in [5.74, 6) is 0. The van der Waals surface area contributed by atoms with Crippen LogP contribution in [0.25, 0.3) is 10.8 Å². The van der Waals surface area contributed by atoms with E-state index in [0.717, 1.165) is 11.3 Å². The average Bonchev–Trinajstić information content (AvgIpc) is 2.93. The van der Waals surface area contributed by atoms with Crippen molar-refractivity contribution < 1.29 is 4.21 Å². The number of rotatable bonds is 7. The van der Waals surface area contributed by atoms with Crippen LogP contribution < -0.4 is 10.0 Å². The molecule has 5 rings (SSSR count). The topological polar surface area (TPSA) is 29.1 Å². The van der Waals surface area contributed by atoms with Crippen molar-refractivity contribution in [2.75, 3.05) is 0 Å². The van der Waals surface area contributed by atoms with Gasteiger partial charge in [0.25, 0.3) is 0 Å². The number of fused-ring (bicyclic) bond motifs is 1. The van der Waals surface area contributed by atoms with E-state index in [1.54, 1.807) is 5.30 Å². The molecule has 198 valence electrons. The molecule has 2 fully saturated rings. The van der Waals surface area contributed by atoms with Gasteiger partial charge in [0, 0.05) is 0 Å². The van der Waals surface area contributed by atoms with Crippen LogP contribution in [0.1, 0.15) is 102 Å². The predicted molar refractivity (Wildman–Crippen MR) is 164 cm³/mol. The van der Waals surface area contributed by atoms with Gasteiger partial charge < -0.3 is 0 Å². The van der Waals surface area contributed by atoms with E-state index in [1.165, 1.54) is 86.1 Å². The molecule has 2 saturated carbocycles. The maximum atomic E-state index is 13.6. The first kappa shape index (κ1) is 27.0. The molecule has 3 aromatic carbocycles. The summed E-state index contributed by atoms with van der Waals surface area (Å²) in [6.45, 7) is 6.21. The molecule has 4 heteroatoms. The fraction of sp³-hybridized carbons (Fsp3) is 0.515. The number of nitrogens with one attached hydrogen (secondary N) is 1. The van der Waals surface area contributed by atoms with E-state index in [-0.39, 0.29) is 18.7 Å². The molecule has 1 N–H and O–H groups in total. The second kappa shape index (κ2) is 12.1. The Morgan fingerprint density at radius 3 is 1.92 bits per heavy atom. The molecule has 2 nitrogen and oxygen atoms in total. The van der Waals surface area contributed by atoms with Crippen LogP contribution in [0.3, 0.4) is 0 Å². The zero-order valence-electron chi connectivity index (χ0n) is 22.9. The van der Waals surface area contributed by atoms with Gasteiger partial charge in [-0.2, -0.15) is 0 Å². The molecule has 0 radical (unpaired) electrons. The van der Waals surface area contributed by atoms with Crippen molar-refractivity contribution in [2.24, 2.45) is 0 Å². The summed E-state index contributed by atoms with van der Waals surface area (Å²) in [6.07, 6.45) is 13.9. The molecular formula is C33H44NOPS. The van der Waals surface area contributed by atoms with Gasteiger partial charge in [-0.3, -0.25) is 0 Å². The molecule has 2 atom stereocenters. The lowest BCUT2D eigenvalue weighted by atomic mass is 9.94. The second-order valence-electron chi connectivity index (χ2n) is 12.1. The summed E-state index contributed by atoms with van der Waals surface area (Å²) < 4.78 is 17.0. The van der Waals surface area contributed by atoms with Crippen molar-refractivity contribution in [2.45, 2.75) is 107 Å². The quantitative estimate of drug-likeness (QED) is 0.302. The van der Waals surface area contributed by atoms with Crippen LogP contribution in [0.5, 0.6) is 0 Å². The third-order valence-corrected chi connectivity index (χ3v) is 13.5. The van der Waals surface area contributed by atoms with Crippen LogP contribution in [0.15, 0.2) is 66.7 Å². The molecule has 0 spiro atoms. The lowest BCUT2D eigenvalue weighted by Gasteiger charge is -2.40. The van der Waals surface area contributed by atoms with Crippen molar-refractivity contribution in [1.29, 1.82) is 0 Å². The maximum absolute atomic E-state index is 13.6. The van der Waals surface area contributed by atoms with Gasteiger partial charge >= 0.3 is 0 Å². The Kier molecular flexibility index (Phi) is 8.85. The third kappa shape index (κ3) is 6.21. The third-order valence-electron chi connectivity index (χ3n) is 8.38. The minimum absolute atomic E-state index is 0.0976. The van der Waals surface area contributed by atoms with Crippen LogP contribution >= 0.6 is 7.92 Å². The van der Waals surface area contributed by atoms with Crippen LogP contribution in [0, 0.1) is 0 Å². The fourth-order valence-corrected chi connectivity index (χ4v) is 11.3. The average molecular weight is 534 g/mol. The first-order valence-electron chi connectivity index (χ1n) is 14.5. The highest BCUT2D eigenvalue weighted by Gasteiger charge is 2.35. The molecule has 0 unspecified atom stereocenters. The molecular weight excluding hydrogens is 489 g/mol. The maximum Gasteiger partial charge on any atom is 0.0979 e. The van der Waals surface area contributed by atoms with Gasteiger partial charge in [-0.25, -0.2) is 8.93 Å². The van der Waals surface area contributed by atoms with Crippen LogP contribution in [-0.4, -0.2) is 20.3 Å². The van der Waals surface area contributed by atoms with E-state index in [2.05, 4.69) is 92.2 Å². The minimum atomic E-state index is -1.19. The lowest BCUT2D eigenvalue weighted by Crippen LogP contribution is -2.38. The Hall–Kier alpha value is -1.54. The Bertz CT molecular complexity index is 1180. The number of benzene rings is 3. The van der Waals surface area contributed by atoms with E-state index in [9.17, 15) is 4.21 Å². The largest absolute Gasteiger partial charge is 0.242 e. The standard InChI is InChI=1S/C33H44NOPS/c1-33(2,3)37(35)34-32(29-23-14-16-25-15-10-11-21-28(25)29)30-22-12-13-24-31(30)36(26-17-6-4-7-18-26)27-19-8-5-9-20-27/h10-16,21-24,26-27,32,34H,4-9,17-20H2,1-3H3/t32-,37-/m1/s1. The van der Waals surface area contributed by atoms with Gasteiger partial charge in [-0.05, 0) is 85.0 Å². The summed E-state index contributed by atoms with van der Waals surface area (Å²) in [6, 6.07) is 24.4. The molecule has 3 aromatic rings. The zero-order chi connectivity index (χ0) is 25.8. The van der Waals surface area contributed by atoms with Gasteiger partial charge in [-0.15, -0.1) is 0 Å². The summed E-state index contributed by atoms with van der Waals surface area (Å²) in [5.41, 5.74) is 4.26. The van der Waals surface area contributed by atoms with E-state index in [0.29, 0.717) is 0 Å². The molecule has 0 bridgehead atoms. The normalized spacial score (nSPS) is 19.8. The molecule has 0 heterocycles. The zero-order valence-corrected chi connectivity index (χ0v) is 24.6. The molecule has 2 aliphatic rings. The summed E-state index contributed by atoms with van der Waals surface area (Å²) in [7, 11) is -1.46. The Morgan fingerprint density at radius 2 is 1.27 bits per heavy atom. The molecule has 0 aromatic heterocycles. The highest BCUT2D eigenvalue weighted by Crippen LogP contribution is 2.56. The molecule has 0 saturated heterocycles. The minimum Gasteiger partial charge on any atom is -0.242 e.